The van der Waals surface area contributed by atoms with Crippen LogP contribution in [0.1, 0.15) is 31.4 Å². The standard InChI is InChI=1S/C28H25ClN2O3/c1-3-7-17-12-26(32)34-27-20(17)14-23(29)28-22(27)15-30(16-33-28)18-10-11-25-21(13-18)19-8-5-6-9-24(19)31(25)4-2/h5-6,8-14H,3-4,7,15-16H2,1-2H3. The van der Waals surface area contributed by atoms with Gasteiger partial charge in [0.1, 0.15) is 11.3 Å². The zero-order chi connectivity index (χ0) is 23.4. The van der Waals surface area contributed by atoms with Gasteiger partial charge < -0.3 is 18.6 Å². The largest absolute Gasteiger partial charge is 0.471 e. The van der Waals surface area contributed by atoms with Crippen molar-refractivity contribution in [3.8, 4) is 5.75 Å². The molecule has 0 aliphatic carbocycles. The maximum Gasteiger partial charge on any atom is 0.336 e. The van der Waals surface area contributed by atoms with Gasteiger partial charge in [0, 0.05) is 45.5 Å². The first kappa shape index (κ1) is 21.1. The first-order valence-corrected chi connectivity index (χ1v) is 12.1. The zero-order valence-corrected chi connectivity index (χ0v) is 20.0. The predicted octanol–water partition coefficient (Wildman–Crippen LogP) is 6.88. The summed E-state index contributed by atoms with van der Waals surface area (Å²) in [5.74, 6) is 0.603. The Kier molecular flexibility index (Phi) is 5.03. The second-order valence-corrected chi connectivity index (χ2v) is 9.22. The summed E-state index contributed by atoms with van der Waals surface area (Å²) in [6.45, 7) is 6.09. The summed E-state index contributed by atoms with van der Waals surface area (Å²) < 4.78 is 14.2. The van der Waals surface area contributed by atoms with Gasteiger partial charge >= 0.3 is 5.63 Å². The Hall–Kier alpha value is -3.44. The van der Waals surface area contributed by atoms with Gasteiger partial charge in [-0.1, -0.05) is 43.1 Å². The van der Waals surface area contributed by atoms with Crippen molar-refractivity contribution < 1.29 is 9.15 Å². The van der Waals surface area contributed by atoms with E-state index in [4.69, 9.17) is 20.8 Å². The summed E-state index contributed by atoms with van der Waals surface area (Å²) in [6.07, 6.45) is 1.72. The van der Waals surface area contributed by atoms with E-state index in [1.165, 1.54) is 21.8 Å². The number of nitrogens with zero attached hydrogens (tertiary/aromatic N) is 2. The van der Waals surface area contributed by atoms with Crippen LogP contribution < -0.4 is 15.3 Å². The quantitative estimate of drug-likeness (QED) is 0.267. The van der Waals surface area contributed by atoms with E-state index in [0.29, 0.717) is 29.6 Å². The minimum atomic E-state index is -0.341. The average Bonchev–Trinajstić information content (AvgIpc) is 3.18. The van der Waals surface area contributed by atoms with Crippen LogP contribution in [0, 0.1) is 0 Å². The van der Waals surface area contributed by atoms with Crippen molar-refractivity contribution >= 4 is 50.1 Å². The van der Waals surface area contributed by atoms with Gasteiger partial charge in [-0.15, -0.1) is 0 Å². The summed E-state index contributed by atoms with van der Waals surface area (Å²) in [4.78, 5) is 14.5. The number of rotatable bonds is 4. The first-order chi connectivity index (χ1) is 16.6. The lowest BCUT2D eigenvalue weighted by Crippen LogP contribution is -2.32. The molecule has 0 fully saturated rings. The summed E-state index contributed by atoms with van der Waals surface area (Å²) in [5.41, 5.74) is 5.52. The van der Waals surface area contributed by atoms with Crippen LogP contribution in [0.5, 0.6) is 5.75 Å². The summed E-state index contributed by atoms with van der Waals surface area (Å²) in [5, 5.41) is 3.89. The molecule has 172 valence electrons. The fourth-order valence-electron chi connectivity index (χ4n) is 5.27. The van der Waals surface area contributed by atoms with Crippen molar-refractivity contribution in [1.29, 1.82) is 0 Å². The molecular formula is C28H25ClN2O3. The van der Waals surface area contributed by atoms with E-state index < -0.39 is 0 Å². The van der Waals surface area contributed by atoms with Crippen LogP contribution in [0.4, 0.5) is 5.69 Å². The van der Waals surface area contributed by atoms with Gasteiger partial charge in [0.25, 0.3) is 0 Å². The lowest BCUT2D eigenvalue weighted by atomic mass is 10.0. The van der Waals surface area contributed by atoms with Gasteiger partial charge in [-0.25, -0.2) is 4.79 Å². The van der Waals surface area contributed by atoms with E-state index in [1.54, 1.807) is 6.07 Å². The maximum atomic E-state index is 12.3. The number of ether oxygens (including phenoxy) is 1. The summed E-state index contributed by atoms with van der Waals surface area (Å²) >= 11 is 6.62. The van der Waals surface area contributed by atoms with Gasteiger partial charge in [0.05, 0.1) is 17.1 Å². The van der Waals surface area contributed by atoms with Crippen LogP contribution in [-0.4, -0.2) is 11.3 Å². The third kappa shape index (κ3) is 3.18. The van der Waals surface area contributed by atoms with Crippen LogP contribution >= 0.6 is 11.6 Å². The van der Waals surface area contributed by atoms with Crippen molar-refractivity contribution in [3.05, 3.63) is 81.2 Å². The molecule has 0 bridgehead atoms. The lowest BCUT2D eigenvalue weighted by molar-refractivity contribution is 0.289. The third-order valence-electron chi connectivity index (χ3n) is 6.79. The van der Waals surface area contributed by atoms with Crippen LogP contribution in [-0.2, 0) is 19.5 Å². The molecule has 34 heavy (non-hydrogen) atoms. The molecular weight excluding hydrogens is 448 g/mol. The highest BCUT2D eigenvalue weighted by molar-refractivity contribution is 6.33. The Morgan fingerprint density at radius 1 is 0.971 bits per heavy atom. The van der Waals surface area contributed by atoms with Crippen molar-refractivity contribution in [2.24, 2.45) is 0 Å². The normalized spacial score (nSPS) is 13.6. The fourth-order valence-corrected chi connectivity index (χ4v) is 5.55. The van der Waals surface area contributed by atoms with E-state index in [0.717, 1.165) is 41.6 Å². The highest BCUT2D eigenvalue weighted by Gasteiger charge is 2.26. The summed E-state index contributed by atoms with van der Waals surface area (Å²) in [6, 6.07) is 18.5. The Bertz CT molecular complexity index is 1630. The minimum Gasteiger partial charge on any atom is -0.471 e. The van der Waals surface area contributed by atoms with Crippen LogP contribution in [0.25, 0.3) is 32.8 Å². The molecule has 2 aromatic heterocycles. The molecule has 0 unspecified atom stereocenters. The van der Waals surface area contributed by atoms with Gasteiger partial charge in [-0.2, -0.15) is 0 Å². The van der Waals surface area contributed by atoms with Crippen molar-refractivity contribution in [2.75, 3.05) is 11.6 Å². The van der Waals surface area contributed by atoms with E-state index in [-0.39, 0.29) is 5.63 Å². The summed E-state index contributed by atoms with van der Waals surface area (Å²) in [7, 11) is 0. The number of hydrogen-bond acceptors (Lipinski definition) is 4. The van der Waals surface area contributed by atoms with E-state index >= 15 is 0 Å². The molecule has 0 spiro atoms. The van der Waals surface area contributed by atoms with Crippen LogP contribution in [0.2, 0.25) is 5.02 Å². The van der Waals surface area contributed by atoms with Gasteiger partial charge in [0.2, 0.25) is 0 Å². The molecule has 0 atom stereocenters. The fraction of sp³-hybridized carbons (Fsp3) is 0.250. The van der Waals surface area contributed by atoms with Gasteiger partial charge in [-0.05, 0) is 49.2 Å². The minimum absolute atomic E-state index is 0.341. The number of anilines is 1. The van der Waals surface area contributed by atoms with Gasteiger partial charge in [0.15, 0.2) is 6.73 Å². The average molecular weight is 473 g/mol. The molecule has 0 saturated heterocycles. The Morgan fingerprint density at radius 2 is 1.79 bits per heavy atom. The number of aryl methyl sites for hydroxylation is 2. The number of halogens is 1. The topological polar surface area (TPSA) is 47.6 Å². The van der Waals surface area contributed by atoms with E-state index in [2.05, 4.69) is 65.8 Å². The Morgan fingerprint density at radius 3 is 2.62 bits per heavy atom. The molecule has 0 saturated carbocycles. The molecule has 5 aromatic rings. The molecule has 3 aromatic carbocycles. The predicted molar refractivity (Wildman–Crippen MR) is 138 cm³/mol. The van der Waals surface area contributed by atoms with Crippen LogP contribution in [0.15, 0.2) is 63.8 Å². The highest BCUT2D eigenvalue weighted by atomic mass is 35.5. The molecule has 1 aliphatic rings. The second-order valence-electron chi connectivity index (χ2n) is 8.82. The molecule has 6 heteroatoms. The molecule has 0 N–H and O–H groups in total. The molecule has 5 nitrogen and oxygen atoms in total. The SMILES string of the molecule is CCCc1cc(=O)oc2c3c(c(Cl)cc12)OCN(c1ccc2c(c1)c1ccccc1n2CC)C3. The highest BCUT2D eigenvalue weighted by Crippen LogP contribution is 2.41. The first-order valence-electron chi connectivity index (χ1n) is 11.8. The monoisotopic (exact) mass is 472 g/mol. The molecule has 0 amide bonds. The number of aromatic nitrogens is 1. The zero-order valence-electron chi connectivity index (χ0n) is 19.2. The maximum absolute atomic E-state index is 12.3. The number of fused-ring (bicyclic) bond motifs is 6. The molecule has 6 rings (SSSR count). The third-order valence-corrected chi connectivity index (χ3v) is 7.07. The second kappa shape index (κ2) is 8.10. The van der Waals surface area contributed by atoms with Crippen molar-refractivity contribution in [3.63, 3.8) is 0 Å². The number of benzene rings is 3. The van der Waals surface area contributed by atoms with Crippen molar-refractivity contribution in [1.82, 2.24) is 4.57 Å². The number of hydrogen-bond donors (Lipinski definition) is 0. The number of para-hydroxylation sites is 1. The smallest absolute Gasteiger partial charge is 0.336 e. The van der Waals surface area contributed by atoms with Gasteiger partial charge in [-0.3, -0.25) is 0 Å². The molecule has 1 aliphatic heterocycles. The van der Waals surface area contributed by atoms with E-state index in [9.17, 15) is 4.79 Å². The lowest BCUT2D eigenvalue weighted by Gasteiger charge is -2.31. The van der Waals surface area contributed by atoms with Crippen molar-refractivity contribution in [2.45, 2.75) is 39.8 Å². The Balaban J connectivity index is 1.49. The van der Waals surface area contributed by atoms with Crippen LogP contribution in [0.3, 0.4) is 0 Å². The molecule has 0 radical (unpaired) electrons. The Labute approximate surface area is 202 Å². The van der Waals surface area contributed by atoms with E-state index in [1.807, 2.05) is 6.07 Å². The molecule has 3 heterocycles.